The molecule has 116 valence electrons. The van der Waals surface area contributed by atoms with Crippen LogP contribution in [-0.4, -0.2) is 18.3 Å². The number of nitro groups is 1. The van der Waals surface area contributed by atoms with Gasteiger partial charge in [-0.25, -0.2) is 22.2 Å². The van der Waals surface area contributed by atoms with Crippen molar-refractivity contribution in [2.75, 3.05) is 4.72 Å². The molecule has 0 aliphatic rings. The smallest absolute Gasteiger partial charge is 0.263 e. The topological polar surface area (TPSA) is 102 Å². The number of hydrogen-bond acceptors (Lipinski definition) is 5. The Kier molecular flexibility index (Phi) is 4.04. The maximum absolute atomic E-state index is 13.5. The molecule has 10 heteroatoms. The molecule has 0 radical (unpaired) electrons. The zero-order valence-electron chi connectivity index (χ0n) is 11.1. The first-order chi connectivity index (χ1) is 10.2. The van der Waals surface area contributed by atoms with Crippen molar-refractivity contribution >= 4 is 21.5 Å². The van der Waals surface area contributed by atoms with Crippen LogP contribution in [0.2, 0.25) is 0 Å². The third kappa shape index (κ3) is 3.17. The van der Waals surface area contributed by atoms with Gasteiger partial charge in [-0.1, -0.05) is 0 Å². The van der Waals surface area contributed by atoms with Gasteiger partial charge in [0.1, 0.15) is 28.5 Å². The number of pyridine rings is 1. The van der Waals surface area contributed by atoms with E-state index in [4.69, 9.17) is 0 Å². The second-order valence-corrected chi connectivity index (χ2v) is 5.94. The number of benzene rings is 1. The van der Waals surface area contributed by atoms with Crippen LogP contribution in [0.25, 0.3) is 0 Å². The highest BCUT2D eigenvalue weighted by atomic mass is 32.2. The lowest BCUT2D eigenvalue weighted by atomic mass is 10.2. The molecule has 1 N–H and O–H groups in total. The van der Waals surface area contributed by atoms with Crippen LogP contribution in [0, 0.1) is 28.7 Å². The largest absolute Gasteiger partial charge is 0.290 e. The Hall–Kier alpha value is -2.62. The molecule has 1 aromatic carbocycles. The van der Waals surface area contributed by atoms with E-state index in [2.05, 4.69) is 4.98 Å². The minimum Gasteiger partial charge on any atom is -0.263 e. The summed E-state index contributed by atoms with van der Waals surface area (Å²) in [6.07, 6.45) is 0.870. The minimum atomic E-state index is -4.41. The number of hydrogen-bond donors (Lipinski definition) is 1. The summed E-state index contributed by atoms with van der Waals surface area (Å²) in [5.74, 6) is -2.30. The van der Waals surface area contributed by atoms with E-state index in [-0.39, 0.29) is 17.1 Å². The Labute approximate surface area is 123 Å². The first-order valence-electron chi connectivity index (χ1n) is 5.79. The molecular weight excluding hydrogens is 320 g/mol. The molecule has 0 bridgehead atoms. The van der Waals surface area contributed by atoms with E-state index >= 15 is 0 Å². The van der Waals surface area contributed by atoms with Crippen molar-refractivity contribution in [3.05, 3.63) is 57.8 Å². The molecule has 0 spiro atoms. The van der Waals surface area contributed by atoms with Crippen LogP contribution in [0.5, 0.6) is 0 Å². The lowest BCUT2D eigenvalue weighted by Gasteiger charge is -2.08. The molecule has 22 heavy (non-hydrogen) atoms. The number of halogens is 2. The van der Waals surface area contributed by atoms with Crippen molar-refractivity contribution in [3.63, 3.8) is 0 Å². The third-order valence-electron chi connectivity index (χ3n) is 2.70. The van der Waals surface area contributed by atoms with Gasteiger partial charge in [-0.05, 0) is 31.2 Å². The zero-order chi connectivity index (χ0) is 16.5. The van der Waals surface area contributed by atoms with E-state index in [1.54, 1.807) is 0 Å². The number of aromatic nitrogens is 1. The monoisotopic (exact) mass is 329 g/mol. The second-order valence-electron chi connectivity index (χ2n) is 4.29. The number of anilines is 1. The average molecular weight is 329 g/mol. The van der Waals surface area contributed by atoms with Crippen LogP contribution in [0.4, 0.5) is 20.3 Å². The summed E-state index contributed by atoms with van der Waals surface area (Å²) in [4.78, 5) is 12.7. The van der Waals surface area contributed by atoms with E-state index in [9.17, 15) is 27.3 Å². The van der Waals surface area contributed by atoms with Crippen LogP contribution in [0.3, 0.4) is 0 Å². The van der Waals surface area contributed by atoms with Gasteiger partial charge < -0.3 is 0 Å². The number of nitrogens with zero attached hydrogens (tertiary/aromatic N) is 2. The van der Waals surface area contributed by atoms with E-state index in [1.165, 1.54) is 6.92 Å². The van der Waals surface area contributed by atoms with Crippen LogP contribution in [0.15, 0.2) is 35.4 Å². The number of sulfonamides is 1. The van der Waals surface area contributed by atoms with Gasteiger partial charge in [0.2, 0.25) is 0 Å². The van der Waals surface area contributed by atoms with E-state index < -0.39 is 31.5 Å². The minimum absolute atomic E-state index is 0.164. The standard InChI is InChI=1S/C12H9F2N3O4S/c1-7-4-12(15-6-10(7)17(18)19)16-22(20,21)11-5-8(13)2-3-9(11)14/h2-6H,1H3,(H,15,16). The van der Waals surface area contributed by atoms with Crippen LogP contribution in [0.1, 0.15) is 5.56 Å². The molecule has 0 aliphatic carbocycles. The molecule has 0 unspecified atom stereocenters. The van der Waals surface area contributed by atoms with E-state index in [1.807, 2.05) is 4.72 Å². The summed E-state index contributed by atoms with van der Waals surface area (Å²) in [7, 11) is -4.41. The summed E-state index contributed by atoms with van der Waals surface area (Å²) >= 11 is 0. The van der Waals surface area contributed by atoms with Crippen LogP contribution < -0.4 is 4.72 Å². The van der Waals surface area contributed by atoms with Gasteiger partial charge in [-0.15, -0.1) is 0 Å². The molecule has 1 aromatic heterocycles. The SMILES string of the molecule is Cc1cc(NS(=O)(=O)c2cc(F)ccc2F)ncc1[N+](=O)[O-]. The first kappa shape index (κ1) is 15.8. The highest BCUT2D eigenvalue weighted by Crippen LogP contribution is 2.22. The Balaban J connectivity index is 2.39. The predicted molar refractivity (Wildman–Crippen MR) is 72.8 cm³/mol. The van der Waals surface area contributed by atoms with Gasteiger partial charge >= 0.3 is 0 Å². The van der Waals surface area contributed by atoms with E-state index in [0.717, 1.165) is 18.3 Å². The normalized spacial score (nSPS) is 11.2. The van der Waals surface area contributed by atoms with Gasteiger partial charge in [0, 0.05) is 5.56 Å². The van der Waals surface area contributed by atoms with Crippen molar-refractivity contribution in [1.82, 2.24) is 4.98 Å². The molecule has 2 aromatic rings. The van der Waals surface area contributed by atoms with Gasteiger partial charge in [0.25, 0.3) is 15.7 Å². The fourth-order valence-electron chi connectivity index (χ4n) is 1.67. The summed E-state index contributed by atoms with van der Waals surface area (Å²) in [5.41, 5.74) is -0.128. The van der Waals surface area contributed by atoms with Gasteiger partial charge in [-0.2, -0.15) is 0 Å². The maximum atomic E-state index is 13.5. The quantitative estimate of drug-likeness (QED) is 0.685. The molecule has 0 fully saturated rings. The fraction of sp³-hybridized carbons (Fsp3) is 0.0833. The fourth-order valence-corrected chi connectivity index (χ4v) is 2.76. The molecule has 0 atom stereocenters. The van der Waals surface area contributed by atoms with Gasteiger partial charge in [0.15, 0.2) is 0 Å². The van der Waals surface area contributed by atoms with Crippen molar-refractivity contribution in [2.45, 2.75) is 11.8 Å². The Morgan fingerprint density at radius 1 is 1.27 bits per heavy atom. The maximum Gasteiger partial charge on any atom is 0.290 e. The van der Waals surface area contributed by atoms with Crippen molar-refractivity contribution in [2.24, 2.45) is 0 Å². The van der Waals surface area contributed by atoms with E-state index in [0.29, 0.717) is 12.1 Å². The predicted octanol–water partition coefficient (Wildman–Crippen LogP) is 2.38. The average Bonchev–Trinajstić information content (AvgIpc) is 2.40. The Morgan fingerprint density at radius 3 is 2.55 bits per heavy atom. The van der Waals surface area contributed by atoms with Crippen LogP contribution >= 0.6 is 0 Å². The molecule has 2 rings (SSSR count). The molecule has 0 amide bonds. The molecule has 1 heterocycles. The number of nitrogens with one attached hydrogen (secondary N) is 1. The zero-order valence-corrected chi connectivity index (χ0v) is 11.9. The summed E-state index contributed by atoms with van der Waals surface area (Å²) < 4.78 is 52.6. The van der Waals surface area contributed by atoms with Crippen LogP contribution in [-0.2, 0) is 10.0 Å². The highest BCUT2D eigenvalue weighted by molar-refractivity contribution is 7.92. The summed E-state index contributed by atoms with van der Waals surface area (Å²) in [5, 5.41) is 10.7. The van der Waals surface area contributed by atoms with Crippen molar-refractivity contribution in [1.29, 1.82) is 0 Å². The van der Waals surface area contributed by atoms with Gasteiger partial charge in [-0.3, -0.25) is 14.8 Å². The summed E-state index contributed by atoms with van der Waals surface area (Å²) in [6, 6.07) is 3.10. The number of rotatable bonds is 4. The Morgan fingerprint density at radius 2 is 1.95 bits per heavy atom. The number of aryl methyl sites for hydroxylation is 1. The highest BCUT2D eigenvalue weighted by Gasteiger charge is 2.21. The van der Waals surface area contributed by atoms with Crippen molar-refractivity contribution in [3.8, 4) is 0 Å². The lowest BCUT2D eigenvalue weighted by molar-refractivity contribution is -0.385. The second kappa shape index (κ2) is 5.64. The molecular formula is C12H9F2N3O4S. The van der Waals surface area contributed by atoms with Gasteiger partial charge in [0.05, 0.1) is 4.92 Å². The molecule has 0 aliphatic heterocycles. The lowest BCUT2D eigenvalue weighted by Crippen LogP contribution is -2.16. The third-order valence-corrected chi connectivity index (χ3v) is 4.07. The molecule has 0 saturated carbocycles. The molecule has 7 nitrogen and oxygen atoms in total. The van der Waals surface area contributed by atoms with Crippen molar-refractivity contribution < 1.29 is 22.1 Å². The summed E-state index contributed by atoms with van der Waals surface area (Å²) in [6.45, 7) is 1.39. The molecule has 0 saturated heterocycles. The first-order valence-corrected chi connectivity index (χ1v) is 7.28. The Bertz CT molecular complexity index is 855.